The molecule has 3 aromatic heterocycles. The smallest absolute Gasteiger partial charge is 0.229 e. The van der Waals surface area contributed by atoms with Gasteiger partial charge in [-0.2, -0.15) is 0 Å². The summed E-state index contributed by atoms with van der Waals surface area (Å²) < 4.78 is 12.2. The average molecular weight is 370 g/mol. The SMILES string of the molecule is CCCc1nc2oc3c(NC[C@@H](C)O)ncnc3c2c2c1COC(C)(C)C2. The molecule has 0 aliphatic carbocycles. The van der Waals surface area contributed by atoms with Crippen LogP contribution in [0.2, 0.25) is 0 Å². The van der Waals surface area contributed by atoms with Crippen LogP contribution in [-0.2, 0) is 24.2 Å². The van der Waals surface area contributed by atoms with Crippen molar-refractivity contribution >= 4 is 28.0 Å². The summed E-state index contributed by atoms with van der Waals surface area (Å²) in [6.45, 7) is 9.03. The number of nitrogens with zero attached hydrogens (tertiary/aromatic N) is 3. The first-order valence-electron chi connectivity index (χ1n) is 9.53. The van der Waals surface area contributed by atoms with Gasteiger partial charge in [0.1, 0.15) is 11.8 Å². The molecular weight excluding hydrogens is 344 g/mol. The van der Waals surface area contributed by atoms with E-state index in [4.69, 9.17) is 14.1 Å². The van der Waals surface area contributed by atoms with Gasteiger partial charge in [-0.1, -0.05) is 13.3 Å². The van der Waals surface area contributed by atoms with Crippen LogP contribution in [0.4, 0.5) is 5.82 Å². The molecule has 0 spiro atoms. The van der Waals surface area contributed by atoms with Crippen LogP contribution in [0.3, 0.4) is 0 Å². The number of rotatable bonds is 5. The number of furan rings is 1. The number of nitrogens with one attached hydrogen (secondary N) is 1. The Morgan fingerprint density at radius 2 is 2.11 bits per heavy atom. The monoisotopic (exact) mass is 370 g/mol. The van der Waals surface area contributed by atoms with E-state index in [9.17, 15) is 5.11 Å². The average Bonchev–Trinajstić information content (AvgIpc) is 2.98. The number of fused-ring (bicyclic) bond motifs is 5. The van der Waals surface area contributed by atoms with E-state index >= 15 is 0 Å². The van der Waals surface area contributed by atoms with E-state index in [1.165, 1.54) is 17.5 Å². The van der Waals surface area contributed by atoms with Crippen molar-refractivity contribution in [2.45, 2.75) is 65.3 Å². The van der Waals surface area contributed by atoms with E-state index in [1.807, 2.05) is 0 Å². The molecule has 7 nitrogen and oxygen atoms in total. The molecule has 0 bridgehead atoms. The maximum atomic E-state index is 9.57. The minimum absolute atomic E-state index is 0.241. The summed E-state index contributed by atoms with van der Waals surface area (Å²) in [5.74, 6) is 0.580. The van der Waals surface area contributed by atoms with Crippen molar-refractivity contribution in [1.82, 2.24) is 15.0 Å². The number of ether oxygens (including phenoxy) is 1. The van der Waals surface area contributed by atoms with Crippen LogP contribution in [0.1, 0.15) is 50.9 Å². The number of hydrogen-bond acceptors (Lipinski definition) is 7. The molecule has 3 aromatic rings. The number of hydrogen-bond donors (Lipinski definition) is 2. The van der Waals surface area contributed by atoms with Crippen molar-refractivity contribution in [2.24, 2.45) is 0 Å². The van der Waals surface area contributed by atoms with Crippen molar-refractivity contribution in [1.29, 1.82) is 0 Å². The van der Waals surface area contributed by atoms with Crippen LogP contribution < -0.4 is 5.32 Å². The zero-order valence-corrected chi connectivity index (χ0v) is 16.3. The first kappa shape index (κ1) is 18.1. The highest BCUT2D eigenvalue weighted by molar-refractivity contribution is 6.06. The van der Waals surface area contributed by atoms with E-state index in [2.05, 4.69) is 36.1 Å². The molecule has 1 aliphatic rings. The van der Waals surface area contributed by atoms with Gasteiger partial charge in [-0.05, 0) is 32.8 Å². The fraction of sp³-hybridized carbons (Fsp3) is 0.550. The van der Waals surface area contributed by atoms with Crippen LogP contribution in [0.5, 0.6) is 0 Å². The number of aliphatic hydroxyl groups is 1. The molecule has 0 saturated carbocycles. The first-order chi connectivity index (χ1) is 12.9. The second kappa shape index (κ2) is 6.73. The Morgan fingerprint density at radius 3 is 2.85 bits per heavy atom. The largest absolute Gasteiger partial charge is 0.432 e. The molecule has 0 radical (unpaired) electrons. The number of pyridine rings is 1. The lowest BCUT2D eigenvalue weighted by Gasteiger charge is -2.33. The van der Waals surface area contributed by atoms with Crippen LogP contribution in [0.15, 0.2) is 10.7 Å². The topological polar surface area (TPSA) is 93.3 Å². The van der Waals surface area contributed by atoms with Gasteiger partial charge in [-0.3, -0.25) is 0 Å². The van der Waals surface area contributed by atoms with E-state index in [1.54, 1.807) is 6.92 Å². The summed E-state index contributed by atoms with van der Waals surface area (Å²) >= 11 is 0. The Labute approximate surface area is 158 Å². The third-order valence-corrected chi connectivity index (χ3v) is 4.97. The lowest BCUT2D eigenvalue weighted by Crippen LogP contribution is -2.32. The Morgan fingerprint density at radius 1 is 1.30 bits per heavy atom. The predicted octanol–water partition coefficient (Wildman–Crippen LogP) is 3.37. The third-order valence-electron chi connectivity index (χ3n) is 4.97. The second-order valence-electron chi connectivity index (χ2n) is 7.90. The molecule has 0 amide bonds. The minimum Gasteiger partial charge on any atom is -0.432 e. The minimum atomic E-state index is -0.487. The summed E-state index contributed by atoms with van der Waals surface area (Å²) in [7, 11) is 0. The van der Waals surface area contributed by atoms with E-state index in [0.29, 0.717) is 30.3 Å². The van der Waals surface area contributed by atoms with Gasteiger partial charge in [-0.15, -0.1) is 0 Å². The van der Waals surface area contributed by atoms with Crippen molar-refractivity contribution < 1.29 is 14.3 Å². The van der Waals surface area contributed by atoms with Gasteiger partial charge in [0.2, 0.25) is 5.71 Å². The number of aryl methyl sites for hydroxylation is 1. The van der Waals surface area contributed by atoms with Gasteiger partial charge in [-0.25, -0.2) is 15.0 Å². The zero-order valence-electron chi connectivity index (χ0n) is 16.3. The van der Waals surface area contributed by atoms with E-state index < -0.39 is 6.10 Å². The van der Waals surface area contributed by atoms with Crippen molar-refractivity contribution in [3.05, 3.63) is 23.1 Å². The molecule has 144 valence electrons. The first-order valence-corrected chi connectivity index (χ1v) is 9.53. The molecule has 0 unspecified atom stereocenters. The number of aliphatic hydroxyl groups excluding tert-OH is 1. The Hall–Kier alpha value is -2.25. The normalized spacial score (nSPS) is 17.2. The highest BCUT2D eigenvalue weighted by atomic mass is 16.5. The molecule has 0 aromatic carbocycles. The van der Waals surface area contributed by atoms with Gasteiger partial charge in [0.05, 0.1) is 29.4 Å². The summed E-state index contributed by atoms with van der Waals surface area (Å²) in [6, 6.07) is 0. The molecular formula is C20H26N4O3. The summed E-state index contributed by atoms with van der Waals surface area (Å²) in [6.07, 6.45) is 3.72. The zero-order chi connectivity index (χ0) is 19.2. The van der Waals surface area contributed by atoms with Gasteiger partial charge in [0.15, 0.2) is 11.4 Å². The fourth-order valence-electron chi connectivity index (χ4n) is 3.69. The molecule has 4 rings (SSSR count). The van der Waals surface area contributed by atoms with Gasteiger partial charge in [0, 0.05) is 18.5 Å². The van der Waals surface area contributed by atoms with Crippen molar-refractivity contribution in [2.75, 3.05) is 11.9 Å². The second-order valence-corrected chi connectivity index (χ2v) is 7.90. The lowest BCUT2D eigenvalue weighted by molar-refractivity contribution is -0.0401. The molecule has 0 fully saturated rings. The maximum absolute atomic E-state index is 9.57. The molecule has 1 aliphatic heterocycles. The molecule has 4 heterocycles. The Balaban J connectivity index is 1.96. The van der Waals surface area contributed by atoms with Crippen LogP contribution in [0.25, 0.3) is 22.2 Å². The highest BCUT2D eigenvalue weighted by Gasteiger charge is 2.32. The number of anilines is 1. The van der Waals surface area contributed by atoms with Gasteiger partial charge < -0.3 is 19.6 Å². The number of aromatic nitrogens is 3. The Bertz CT molecular complexity index is 994. The van der Waals surface area contributed by atoms with Gasteiger partial charge >= 0.3 is 0 Å². The molecule has 1 atom stereocenters. The Kier molecular flexibility index (Phi) is 4.52. The van der Waals surface area contributed by atoms with Crippen molar-refractivity contribution in [3.63, 3.8) is 0 Å². The van der Waals surface area contributed by atoms with Crippen LogP contribution in [0, 0.1) is 0 Å². The molecule has 27 heavy (non-hydrogen) atoms. The lowest BCUT2D eigenvalue weighted by atomic mass is 9.88. The summed E-state index contributed by atoms with van der Waals surface area (Å²) in [4.78, 5) is 13.6. The van der Waals surface area contributed by atoms with E-state index in [-0.39, 0.29) is 5.60 Å². The maximum Gasteiger partial charge on any atom is 0.229 e. The van der Waals surface area contributed by atoms with Gasteiger partial charge in [0.25, 0.3) is 0 Å². The molecule has 0 saturated heterocycles. The summed E-state index contributed by atoms with van der Waals surface area (Å²) in [5.41, 5.74) is 5.14. The standard InChI is InChI=1S/C20H26N4O3/c1-5-6-14-13-9-26-20(3,4)7-12(13)15-16-17(27-19(15)24-14)18(23-10-22-16)21-8-11(2)25/h10-11,25H,5-9H2,1-4H3,(H,21,22,23)/t11-/m1/s1. The highest BCUT2D eigenvalue weighted by Crippen LogP contribution is 2.39. The fourth-order valence-corrected chi connectivity index (χ4v) is 3.69. The molecule has 7 heteroatoms. The van der Waals surface area contributed by atoms with Crippen LogP contribution >= 0.6 is 0 Å². The van der Waals surface area contributed by atoms with E-state index in [0.717, 1.165) is 35.9 Å². The van der Waals surface area contributed by atoms with Crippen molar-refractivity contribution in [3.8, 4) is 0 Å². The summed E-state index contributed by atoms with van der Waals surface area (Å²) in [5, 5.41) is 13.7. The predicted molar refractivity (Wildman–Crippen MR) is 104 cm³/mol. The quantitative estimate of drug-likeness (QED) is 0.711. The third kappa shape index (κ3) is 3.26. The van der Waals surface area contributed by atoms with Crippen LogP contribution in [-0.4, -0.2) is 38.3 Å². The molecule has 2 N–H and O–H groups in total.